The van der Waals surface area contributed by atoms with Crippen molar-refractivity contribution >= 4 is 11.6 Å². The van der Waals surface area contributed by atoms with Crippen LogP contribution in [0.5, 0.6) is 11.6 Å². The van der Waals surface area contributed by atoms with Crippen LogP contribution in [-0.2, 0) is 4.74 Å². The van der Waals surface area contributed by atoms with E-state index in [0.29, 0.717) is 54.0 Å². The van der Waals surface area contributed by atoms with Crippen LogP contribution in [-0.4, -0.2) is 62.7 Å². The number of hydrogen-bond acceptors (Lipinski definition) is 9. The molecule has 11 heteroatoms. The molecule has 202 valence electrons. The zero-order valence-corrected chi connectivity index (χ0v) is 21.6. The highest BCUT2D eigenvalue weighted by molar-refractivity contribution is 6.04. The van der Waals surface area contributed by atoms with Gasteiger partial charge in [-0.15, -0.1) is 0 Å². The van der Waals surface area contributed by atoms with E-state index in [9.17, 15) is 4.79 Å². The average Bonchev–Trinajstić information content (AvgIpc) is 3.48. The summed E-state index contributed by atoms with van der Waals surface area (Å²) >= 11 is 0. The zero-order valence-electron chi connectivity index (χ0n) is 21.6. The zero-order chi connectivity index (χ0) is 27.0. The van der Waals surface area contributed by atoms with Crippen molar-refractivity contribution in [1.29, 1.82) is 0 Å². The fourth-order valence-electron chi connectivity index (χ4n) is 4.29. The Morgan fingerprint density at radius 2 is 2.08 bits per heavy atom. The van der Waals surface area contributed by atoms with Crippen LogP contribution >= 0.6 is 0 Å². The molecule has 5 rings (SSSR count). The van der Waals surface area contributed by atoms with Crippen LogP contribution in [0.2, 0.25) is 0 Å². The largest absolute Gasteiger partial charge is 0.495 e. The van der Waals surface area contributed by atoms with Crippen LogP contribution < -0.4 is 14.8 Å². The van der Waals surface area contributed by atoms with Crippen LogP contribution in [0.1, 0.15) is 42.4 Å². The van der Waals surface area contributed by atoms with E-state index < -0.39 is 0 Å². The van der Waals surface area contributed by atoms with Gasteiger partial charge in [0.15, 0.2) is 12.1 Å². The molecule has 2 N–H and O–H groups in total. The molecule has 0 spiro atoms. The predicted molar refractivity (Wildman–Crippen MR) is 143 cm³/mol. The lowest BCUT2D eigenvalue weighted by Gasteiger charge is -2.24. The summed E-state index contributed by atoms with van der Waals surface area (Å²) in [6.45, 7) is 1.10. The van der Waals surface area contributed by atoms with E-state index >= 15 is 0 Å². The summed E-state index contributed by atoms with van der Waals surface area (Å²) in [6.07, 6.45) is 6.71. The van der Waals surface area contributed by atoms with E-state index in [1.165, 1.54) is 7.11 Å². The second kappa shape index (κ2) is 12.5. The first-order valence-electron chi connectivity index (χ1n) is 12.9. The van der Waals surface area contributed by atoms with Gasteiger partial charge in [-0.25, -0.2) is 14.6 Å². The Bertz CT molecular complexity index is 1420. The molecule has 1 aliphatic rings. The van der Waals surface area contributed by atoms with Crippen molar-refractivity contribution in [2.24, 2.45) is 0 Å². The summed E-state index contributed by atoms with van der Waals surface area (Å²) in [7, 11) is 1.53. The maximum atomic E-state index is 13.2. The molecule has 4 heterocycles. The number of anilines is 1. The smallest absolute Gasteiger partial charge is 0.274 e. The van der Waals surface area contributed by atoms with Crippen LogP contribution in [0.15, 0.2) is 60.9 Å². The molecule has 39 heavy (non-hydrogen) atoms. The maximum Gasteiger partial charge on any atom is 0.274 e. The van der Waals surface area contributed by atoms with Gasteiger partial charge in [-0.2, -0.15) is 10.1 Å². The van der Waals surface area contributed by atoms with Crippen molar-refractivity contribution in [3.8, 4) is 34.4 Å². The number of hydrogen-bond donors (Lipinski definition) is 2. The van der Waals surface area contributed by atoms with Gasteiger partial charge in [0.25, 0.3) is 5.91 Å². The van der Waals surface area contributed by atoms with Crippen LogP contribution in [0.3, 0.4) is 0 Å². The Morgan fingerprint density at radius 3 is 2.90 bits per heavy atom. The Balaban J connectivity index is 1.33. The third-order valence-electron chi connectivity index (χ3n) is 6.23. The number of benzene rings is 1. The fraction of sp³-hybridized carbons (Fsp3) is 0.321. The van der Waals surface area contributed by atoms with Crippen LogP contribution in [0, 0.1) is 0 Å². The molecule has 11 nitrogen and oxygen atoms in total. The minimum Gasteiger partial charge on any atom is -0.495 e. The van der Waals surface area contributed by atoms with E-state index in [2.05, 4.69) is 25.4 Å². The Kier molecular flexibility index (Phi) is 8.39. The summed E-state index contributed by atoms with van der Waals surface area (Å²) in [4.78, 5) is 26.5. The number of aromatic nitrogens is 5. The van der Waals surface area contributed by atoms with Gasteiger partial charge in [-0.3, -0.25) is 4.79 Å². The lowest BCUT2D eigenvalue weighted by atomic mass is 10.1. The average molecular weight is 531 g/mol. The van der Waals surface area contributed by atoms with E-state index in [4.69, 9.17) is 19.3 Å². The number of pyridine rings is 1. The highest BCUT2D eigenvalue weighted by atomic mass is 16.5. The predicted octanol–water partition coefficient (Wildman–Crippen LogP) is 4.12. The molecule has 1 saturated heterocycles. The lowest BCUT2D eigenvalue weighted by Crippen LogP contribution is -2.20. The van der Waals surface area contributed by atoms with Gasteiger partial charge in [-0.1, -0.05) is 6.07 Å². The molecule has 1 aliphatic heterocycles. The van der Waals surface area contributed by atoms with Crippen molar-refractivity contribution in [2.75, 3.05) is 32.2 Å². The van der Waals surface area contributed by atoms with E-state index in [0.717, 1.165) is 25.0 Å². The van der Waals surface area contributed by atoms with Gasteiger partial charge in [0, 0.05) is 43.7 Å². The molecule has 0 radical (unpaired) electrons. The van der Waals surface area contributed by atoms with Crippen molar-refractivity contribution in [1.82, 2.24) is 24.7 Å². The number of aliphatic hydroxyl groups is 1. The van der Waals surface area contributed by atoms with Crippen molar-refractivity contribution in [3.63, 3.8) is 0 Å². The van der Waals surface area contributed by atoms with Crippen LogP contribution in [0.4, 0.5) is 5.69 Å². The molecule has 1 unspecified atom stereocenters. The number of methoxy groups -OCH3 is 1. The molecular weight excluding hydrogens is 500 g/mol. The van der Waals surface area contributed by atoms with Crippen LogP contribution in [0.25, 0.3) is 22.8 Å². The third-order valence-corrected chi connectivity index (χ3v) is 6.23. The molecule has 3 aromatic heterocycles. The van der Waals surface area contributed by atoms with E-state index in [1.54, 1.807) is 48.8 Å². The third kappa shape index (κ3) is 6.21. The summed E-state index contributed by atoms with van der Waals surface area (Å²) in [5, 5.41) is 16.3. The van der Waals surface area contributed by atoms with E-state index in [-0.39, 0.29) is 24.4 Å². The number of aliphatic hydroxyl groups excluding tert-OH is 1. The van der Waals surface area contributed by atoms with Gasteiger partial charge < -0.3 is 24.6 Å². The highest BCUT2D eigenvalue weighted by Crippen LogP contribution is 2.31. The van der Waals surface area contributed by atoms with Gasteiger partial charge in [0.1, 0.15) is 11.4 Å². The molecule has 0 bridgehead atoms. The summed E-state index contributed by atoms with van der Waals surface area (Å²) < 4.78 is 18.8. The molecule has 4 aromatic rings. The first-order chi connectivity index (χ1) is 19.2. The topological polar surface area (TPSA) is 134 Å². The van der Waals surface area contributed by atoms with E-state index in [1.807, 2.05) is 16.8 Å². The molecule has 1 amide bonds. The lowest BCUT2D eigenvalue weighted by molar-refractivity contribution is -0.0384. The van der Waals surface area contributed by atoms with Gasteiger partial charge in [0.2, 0.25) is 5.88 Å². The number of carbonyl (C=O) groups is 1. The van der Waals surface area contributed by atoms with Crippen molar-refractivity contribution in [2.45, 2.75) is 31.9 Å². The number of nitrogens with one attached hydrogen (secondary N) is 1. The first-order valence-corrected chi connectivity index (χ1v) is 12.9. The molecular formula is C28H30N6O5. The quantitative estimate of drug-likeness (QED) is 0.290. The van der Waals surface area contributed by atoms with Gasteiger partial charge >= 0.3 is 0 Å². The highest BCUT2D eigenvalue weighted by Gasteiger charge is 2.21. The number of rotatable bonds is 10. The van der Waals surface area contributed by atoms with Crippen molar-refractivity contribution in [3.05, 3.63) is 66.6 Å². The van der Waals surface area contributed by atoms with Gasteiger partial charge in [-0.05, 0) is 55.7 Å². The SMILES string of the molecule is COc1cc(-c2nccc(OCCCO)n2)ccc1NC(=O)c1cccc(-c2ccnn2C2CCCCO2)n1. The number of ether oxygens (including phenoxy) is 3. The fourth-order valence-corrected chi connectivity index (χ4v) is 4.29. The Hall–Kier alpha value is -4.35. The standard InChI is InChI=1S/C28H30N6O5/c1-37-24-18-19(27-29-13-12-25(33-27)38-17-5-15-35)9-10-21(24)32-28(36)22-7-4-6-20(31-22)23-11-14-30-34(23)26-8-2-3-16-39-26/h4,6-7,9-14,18,26,35H,2-3,5,8,15-17H2,1H3,(H,32,36). The summed E-state index contributed by atoms with van der Waals surface area (Å²) in [6, 6.07) is 14.1. The second-order valence-electron chi connectivity index (χ2n) is 8.90. The number of nitrogens with zero attached hydrogens (tertiary/aromatic N) is 5. The van der Waals surface area contributed by atoms with Gasteiger partial charge in [0.05, 0.1) is 30.8 Å². The van der Waals surface area contributed by atoms with Crippen molar-refractivity contribution < 1.29 is 24.1 Å². The monoisotopic (exact) mass is 530 g/mol. The Labute approximate surface area is 225 Å². The minimum atomic E-state index is -0.376. The number of amides is 1. The molecule has 0 saturated carbocycles. The molecule has 1 aromatic carbocycles. The summed E-state index contributed by atoms with van der Waals surface area (Å²) in [5.41, 5.74) is 2.85. The Morgan fingerprint density at radius 1 is 1.15 bits per heavy atom. The minimum absolute atomic E-state index is 0.0439. The second-order valence-corrected chi connectivity index (χ2v) is 8.90. The molecule has 0 aliphatic carbocycles. The molecule has 1 fully saturated rings. The normalized spacial score (nSPS) is 15.1. The number of carbonyl (C=O) groups excluding carboxylic acids is 1. The summed E-state index contributed by atoms with van der Waals surface area (Å²) in [5.74, 6) is 0.922. The first kappa shape index (κ1) is 26.3. The maximum absolute atomic E-state index is 13.2. The molecule has 1 atom stereocenters.